The van der Waals surface area contributed by atoms with Gasteiger partial charge in [-0.2, -0.15) is 0 Å². The molecule has 0 aliphatic heterocycles. The molecule has 0 unspecified atom stereocenters. The molecule has 0 saturated carbocycles. The molecule has 0 saturated heterocycles. The lowest BCUT2D eigenvalue weighted by Crippen LogP contribution is -2.37. The van der Waals surface area contributed by atoms with Crippen LogP contribution in [0.3, 0.4) is 0 Å². The molecule has 0 aliphatic carbocycles. The summed E-state index contributed by atoms with van der Waals surface area (Å²) in [6, 6.07) is 12.4. The van der Waals surface area contributed by atoms with E-state index in [0.29, 0.717) is 16.9 Å². The number of rotatable bonds is 5. The molecule has 2 aromatic rings. The second-order valence-corrected chi connectivity index (χ2v) is 6.08. The lowest BCUT2D eigenvalue weighted by molar-refractivity contribution is -0.120. The summed E-state index contributed by atoms with van der Waals surface area (Å²) in [4.78, 5) is 37.3. The highest BCUT2D eigenvalue weighted by Crippen LogP contribution is 2.21. The molecule has 0 radical (unpaired) electrons. The van der Waals surface area contributed by atoms with E-state index in [-0.39, 0.29) is 24.1 Å². The van der Waals surface area contributed by atoms with Gasteiger partial charge in [0.05, 0.1) is 0 Å². The first-order chi connectivity index (χ1) is 11.8. The van der Waals surface area contributed by atoms with Gasteiger partial charge >= 0.3 is 0 Å². The average Bonchev–Trinajstić information content (AvgIpc) is 2.53. The number of hydrogen-bond donors (Lipinski definition) is 1. The summed E-state index contributed by atoms with van der Waals surface area (Å²) in [5, 5.41) is 2.74. The Morgan fingerprint density at radius 2 is 1.72 bits per heavy atom. The smallest absolute Gasteiger partial charge is 0.244 e. The number of nitrogens with one attached hydrogen (secondary N) is 1. The van der Waals surface area contributed by atoms with Crippen LogP contribution in [0.4, 0.5) is 11.4 Å². The molecular formula is C20H22N2O3. The van der Waals surface area contributed by atoms with Gasteiger partial charge < -0.3 is 10.2 Å². The first kappa shape index (κ1) is 18.4. The van der Waals surface area contributed by atoms with Crippen LogP contribution >= 0.6 is 0 Å². The van der Waals surface area contributed by atoms with E-state index in [1.165, 1.54) is 18.7 Å². The van der Waals surface area contributed by atoms with E-state index in [2.05, 4.69) is 5.32 Å². The largest absolute Gasteiger partial charge is 0.325 e. The minimum atomic E-state index is -0.323. The third-order valence-corrected chi connectivity index (χ3v) is 3.88. The minimum Gasteiger partial charge on any atom is -0.325 e. The van der Waals surface area contributed by atoms with Crippen LogP contribution in [0, 0.1) is 13.8 Å². The predicted molar refractivity (Wildman–Crippen MR) is 99.0 cm³/mol. The lowest BCUT2D eigenvalue weighted by atomic mass is 10.1. The number of amides is 2. The minimum absolute atomic E-state index is 0.0725. The molecule has 5 heteroatoms. The summed E-state index contributed by atoms with van der Waals surface area (Å²) < 4.78 is 0. The van der Waals surface area contributed by atoms with Gasteiger partial charge in [0.2, 0.25) is 11.8 Å². The number of hydrogen-bond acceptors (Lipinski definition) is 3. The Morgan fingerprint density at radius 3 is 2.32 bits per heavy atom. The third-order valence-electron chi connectivity index (χ3n) is 3.88. The van der Waals surface area contributed by atoms with E-state index in [1.807, 2.05) is 32.0 Å². The van der Waals surface area contributed by atoms with E-state index < -0.39 is 0 Å². The second kappa shape index (κ2) is 7.75. The van der Waals surface area contributed by atoms with E-state index in [0.717, 1.165) is 11.1 Å². The second-order valence-electron chi connectivity index (χ2n) is 6.08. The maximum Gasteiger partial charge on any atom is 0.244 e. The van der Waals surface area contributed by atoms with Crippen LogP contribution in [0.15, 0.2) is 42.5 Å². The Kier molecular flexibility index (Phi) is 5.70. The number of aryl methyl sites for hydroxylation is 2. The van der Waals surface area contributed by atoms with Crippen LogP contribution in [-0.2, 0) is 9.59 Å². The standard InChI is InChI=1S/C20H22N2O3/c1-13-8-9-19(14(2)10-13)22(16(4)24)12-20(25)21-18-7-5-6-17(11-18)15(3)23/h5-11H,12H2,1-4H3,(H,21,25). The Hall–Kier alpha value is -2.95. The van der Waals surface area contributed by atoms with Gasteiger partial charge in [-0.25, -0.2) is 0 Å². The van der Waals surface area contributed by atoms with Crippen molar-refractivity contribution >= 4 is 29.0 Å². The van der Waals surface area contributed by atoms with Gasteiger partial charge in [0.15, 0.2) is 5.78 Å². The summed E-state index contributed by atoms with van der Waals surface area (Å²) in [6.07, 6.45) is 0. The van der Waals surface area contributed by atoms with Crippen molar-refractivity contribution in [3.8, 4) is 0 Å². The molecule has 130 valence electrons. The monoisotopic (exact) mass is 338 g/mol. The molecule has 2 rings (SSSR count). The SMILES string of the molecule is CC(=O)c1cccc(NC(=O)CN(C(C)=O)c2ccc(C)cc2C)c1. The number of carbonyl (C=O) groups is 3. The van der Waals surface area contributed by atoms with E-state index in [9.17, 15) is 14.4 Å². The Balaban J connectivity index is 2.17. The van der Waals surface area contributed by atoms with Crippen LogP contribution in [0.2, 0.25) is 0 Å². The molecule has 5 nitrogen and oxygen atoms in total. The highest BCUT2D eigenvalue weighted by atomic mass is 16.2. The molecule has 0 spiro atoms. The zero-order chi connectivity index (χ0) is 18.6. The Labute approximate surface area is 147 Å². The summed E-state index contributed by atoms with van der Waals surface area (Å²) in [6.45, 7) is 6.70. The first-order valence-electron chi connectivity index (χ1n) is 8.04. The highest BCUT2D eigenvalue weighted by molar-refractivity contribution is 6.03. The van der Waals surface area contributed by atoms with Gasteiger partial charge in [0.25, 0.3) is 0 Å². The highest BCUT2D eigenvalue weighted by Gasteiger charge is 2.18. The molecular weight excluding hydrogens is 316 g/mol. The number of anilines is 2. The molecule has 25 heavy (non-hydrogen) atoms. The van der Waals surface area contributed by atoms with Crippen LogP contribution in [0.25, 0.3) is 0 Å². The molecule has 0 aromatic heterocycles. The first-order valence-corrected chi connectivity index (χ1v) is 8.04. The lowest BCUT2D eigenvalue weighted by Gasteiger charge is -2.23. The predicted octanol–water partition coefficient (Wildman–Crippen LogP) is 3.50. The maximum atomic E-state index is 12.4. The fourth-order valence-corrected chi connectivity index (χ4v) is 2.63. The normalized spacial score (nSPS) is 10.2. The van der Waals surface area contributed by atoms with Crippen molar-refractivity contribution in [2.45, 2.75) is 27.7 Å². The fraction of sp³-hybridized carbons (Fsp3) is 0.250. The number of benzene rings is 2. The number of nitrogens with zero attached hydrogens (tertiary/aromatic N) is 1. The van der Waals surface area contributed by atoms with E-state index in [4.69, 9.17) is 0 Å². The maximum absolute atomic E-state index is 12.4. The van der Waals surface area contributed by atoms with E-state index in [1.54, 1.807) is 24.3 Å². The van der Waals surface area contributed by atoms with Crippen molar-refractivity contribution in [2.24, 2.45) is 0 Å². The number of carbonyl (C=O) groups excluding carboxylic acids is 3. The van der Waals surface area contributed by atoms with Crippen LogP contribution in [0.1, 0.15) is 35.3 Å². The summed E-state index contributed by atoms with van der Waals surface area (Å²) in [5.41, 5.74) is 3.79. The Bertz CT molecular complexity index is 827. The number of Topliss-reactive ketones (excluding diaryl/α,β-unsaturated/α-hetero) is 1. The van der Waals surface area contributed by atoms with Gasteiger partial charge in [0.1, 0.15) is 6.54 Å². The van der Waals surface area contributed by atoms with Crippen molar-refractivity contribution < 1.29 is 14.4 Å². The van der Waals surface area contributed by atoms with E-state index >= 15 is 0 Å². The van der Waals surface area contributed by atoms with Gasteiger partial charge in [-0.05, 0) is 44.5 Å². The molecule has 0 fully saturated rings. The summed E-state index contributed by atoms with van der Waals surface area (Å²) in [7, 11) is 0. The molecule has 1 N–H and O–H groups in total. The zero-order valence-electron chi connectivity index (χ0n) is 14.9. The van der Waals surface area contributed by atoms with Gasteiger partial charge in [-0.1, -0.05) is 29.8 Å². The fourth-order valence-electron chi connectivity index (χ4n) is 2.63. The third kappa shape index (κ3) is 4.76. The molecule has 2 amide bonds. The number of ketones is 1. The van der Waals surface area contributed by atoms with Gasteiger partial charge in [0, 0.05) is 23.9 Å². The van der Waals surface area contributed by atoms with Crippen molar-refractivity contribution in [1.82, 2.24) is 0 Å². The van der Waals surface area contributed by atoms with Gasteiger partial charge in [-0.15, -0.1) is 0 Å². The van der Waals surface area contributed by atoms with Crippen LogP contribution < -0.4 is 10.2 Å². The molecule has 0 atom stereocenters. The van der Waals surface area contributed by atoms with Crippen LogP contribution in [0.5, 0.6) is 0 Å². The van der Waals surface area contributed by atoms with Crippen molar-refractivity contribution in [3.63, 3.8) is 0 Å². The zero-order valence-corrected chi connectivity index (χ0v) is 14.9. The van der Waals surface area contributed by atoms with Crippen molar-refractivity contribution in [2.75, 3.05) is 16.8 Å². The molecule has 0 bridgehead atoms. The molecule has 0 heterocycles. The summed E-state index contributed by atoms with van der Waals surface area (Å²) in [5.74, 6) is -0.604. The van der Waals surface area contributed by atoms with Crippen LogP contribution in [-0.4, -0.2) is 24.1 Å². The van der Waals surface area contributed by atoms with Crippen molar-refractivity contribution in [1.29, 1.82) is 0 Å². The Morgan fingerprint density at radius 1 is 1.00 bits per heavy atom. The molecule has 0 aliphatic rings. The molecule has 2 aromatic carbocycles. The summed E-state index contributed by atoms with van der Waals surface area (Å²) >= 11 is 0. The average molecular weight is 338 g/mol. The topological polar surface area (TPSA) is 66.5 Å². The van der Waals surface area contributed by atoms with Gasteiger partial charge in [-0.3, -0.25) is 14.4 Å². The van der Waals surface area contributed by atoms with Crippen molar-refractivity contribution in [3.05, 3.63) is 59.2 Å². The quantitative estimate of drug-likeness (QED) is 0.849.